The van der Waals surface area contributed by atoms with Gasteiger partial charge in [0.15, 0.2) is 24.0 Å². The summed E-state index contributed by atoms with van der Waals surface area (Å²) in [4.78, 5) is 10.6. The van der Waals surface area contributed by atoms with Crippen molar-refractivity contribution in [2.24, 2.45) is 5.84 Å². The highest BCUT2D eigenvalue weighted by Crippen LogP contribution is 2.20. The van der Waals surface area contributed by atoms with E-state index in [9.17, 15) is 13.6 Å². The smallest absolute Gasteiger partial charge is 0.271 e. The molecule has 0 aliphatic carbocycles. The van der Waals surface area contributed by atoms with E-state index in [4.69, 9.17) is 5.84 Å². The molecular weight excluding hydrogens is 194 g/mol. The Morgan fingerprint density at radius 3 is 2.50 bits per heavy atom. The van der Waals surface area contributed by atoms with Crippen LogP contribution in [0.1, 0.15) is 0 Å². The van der Waals surface area contributed by atoms with E-state index in [1.54, 1.807) is 5.43 Å². The number of benzene rings is 1. The van der Waals surface area contributed by atoms with Gasteiger partial charge in [0.05, 0.1) is 0 Å². The first-order valence-corrected chi connectivity index (χ1v) is 3.71. The largest absolute Gasteiger partial charge is 0.478 e. The minimum atomic E-state index is -0.866. The summed E-state index contributed by atoms with van der Waals surface area (Å²) in [5.41, 5.74) is 1.77. The molecule has 0 bridgehead atoms. The number of hydrogen-bond donors (Lipinski definition) is 2. The summed E-state index contributed by atoms with van der Waals surface area (Å²) < 4.78 is 30.3. The van der Waals surface area contributed by atoms with Gasteiger partial charge in [-0.2, -0.15) is 0 Å². The zero-order chi connectivity index (χ0) is 10.6. The average molecular weight is 202 g/mol. The fourth-order valence-electron chi connectivity index (χ4n) is 0.800. The lowest BCUT2D eigenvalue weighted by atomic mass is 10.3. The molecule has 76 valence electrons. The number of rotatable bonds is 3. The number of nitrogens with one attached hydrogen (secondary N) is 1. The van der Waals surface area contributed by atoms with Crippen molar-refractivity contribution in [3.8, 4) is 5.75 Å². The third-order valence-electron chi connectivity index (χ3n) is 1.43. The van der Waals surface area contributed by atoms with Crippen LogP contribution in [-0.4, -0.2) is 12.5 Å². The van der Waals surface area contributed by atoms with Gasteiger partial charge in [0.1, 0.15) is 0 Å². The Morgan fingerprint density at radius 1 is 1.43 bits per heavy atom. The summed E-state index contributed by atoms with van der Waals surface area (Å²) in [7, 11) is 0. The van der Waals surface area contributed by atoms with Gasteiger partial charge in [-0.05, 0) is 12.1 Å². The van der Waals surface area contributed by atoms with Crippen LogP contribution < -0.4 is 16.0 Å². The standard InChI is InChI=1S/C8H8F2N2O2/c9-5-2-1-3-6(10)8(5)14-4-7(13)12-11/h1-3H,4,11H2,(H,12,13). The maximum absolute atomic E-state index is 12.9. The van der Waals surface area contributed by atoms with Crippen LogP contribution in [-0.2, 0) is 4.79 Å². The third kappa shape index (κ3) is 2.40. The lowest BCUT2D eigenvalue weighted by Crippen LogP contribution is -2.34. The molecule has 0 unspecified atom stereocenters. The maximum Gasteiger partial charge on any atom is 0.271 e. The minimum absolute atomic E-state index is 0.533. The molecule has 1 amide bonds. The molecule has 0 saturated heterocycles. The number of hydrogen-bond acceptors (Lipinski definition) is 3. The summed E-state index contributed by atoms with van der Waals surface area (Å²) in [6.45, 7) is -0.533. The van der Waals surface area contributed by atoms with Gasteiger partial charge in [0.25, 0.3) is 5.91 Å². The minimum Gasteiger partial charge on any atom is -0.478 e. The highest BCUT2D eigenvalue weighted by Gasteiger charge is 2.10. The monoisotopic (exact) mass is 202 g/mol. The normalized spacial score (nSPS) is 9.64. The van der Waals surface area contributed by atoms with Crippen LogP contribution in [0.4, 0.5) is 8.78 Å². The summed E-state index contributed by atoms with van der Waals surface area (Å²) in [5.74, 6) is 1.75. The maximum atomic E-state index is 12.9. The number of para-hydroxylation sites is 1. The number of hydrazine groups is 1. The Kier molecular flexibility index (Phi) is 3.35. The fraction of sp³-hybridized carbons (Fsp3) is 0.125. The molecule has 0 radical (unpaired) electrons. The molecule has 0 aliphatic rings. The van der Waals surface area contributed by atoms with E-state index in [2.05, 4.69) is 4.74 Å². The zero-order valence-corrected chi connectivity index (χ0v) is 7.09. The molecule has 0 atom stereocenters. The van der Waals surface area contributed by atoms with E-state index in [1.165, 1.54) is 6.07 Å². The van der Waals surface area contributed by atoms with Crippen molar-refractivity contribution >= 4 is 5.91 Å². The predicted molar refractivity (Wildman–Crippen MR) is 44.2 cm³/mol. The number of carbonyl (C=O) groups excluding carboxylic acids is 1. The van der Waals surface area contributed by atoms with Gasteiger partial charge in [-0.1, -0.05) is 6.07 Å². The van der Waals surface area contributed by atoms with Gasteiger partial charge >= 0.3 is 0 Å². The van der Waals surface area contributed by atoms with Crippen LogP contribution in [0.2, 0.25) is 0 Å². The molecule has 1 aromatic carbocycles. The van der Waals surface area contributed by atoms with Crippen molar-refractivity contribution in [3.05, 3.63) is 29.8 Å². The first-order chi connectivity index (χ1) is 6.65. The molecule has 6 heteroatoms. The van der Waals surface area contributed by atoms with E-state index in [-0.39, 0.29) is 0 Å². The van der Waals surface area contributed by atoms with Gasteiger partial charge in [-0.25, -0.2) is 14.6 Å². The average Bonchev–Trinajstić information content (AvgIpc) is 2.16. The Labute approximate surface area is 78.6 Å². The second kappa shape index (κ2) is 4.52. The van der Waals surface area contributed by atoms with Crippen LogP contribution in [0.3, 0.4) is 0 Å². The highest BCUT2D eigenvalue weighted by molar-refractivity contribution is 5.76. The van der Waals surface area contributed by atoms with Crippen molar-refractivity contribution in [1.82, 2.24) is 5.43 Å². The number of amides is 1. The molecule has 0 aromatic heterocycles. The summed E-state index contributed by atoms with van der Waals surface area (Å²) in [6, 6.07) is 3.25. The second-order valence-corrected chi connectivity index (χ2v) is 2.41. The Balaban J connectivity index is 2.71. The first kappa shape index (κ1) is 10.4. The Morgan fingerprint density at radius 2 is 2.00 bits per heavy atom. The molecule has 1 rings (SSSR count). The molecule has 0 aliphatic heterocycles. The van der Waals surface area contributed by atoms with Crippen molar-refractivity contribution in [2.75, 3.05) is 6.61 Å². The molecule has 4 nitrogen and oxygen atoms in total. The van der Waals surface area contributed by atoms with Gasteiger partial charge < -0.3 is 4.74 Å². The molecular formula is C8H8F2N2O2. The van der Waals surface area contributed by atoms with Crippen LogP contribution in [0.5, 0.6) is 5.75 Å². The van der Waals surface area contributed by atoms with Crippen molar-refractivity contribution < 1.29 is 18.3 Å². The molecule has 0 heterocycles. The van der Waals surface area contributed by atoms with Gasteiger partial charge in [-0.15, -0.1) is 0 Å². The van der Waals surface area contributed by atoms with E-state index < -0.39 is 29.9 Å². The van der Waals surface area contributed by atoms with E-state index in [1.807, 2.05) is 0 Å². The van der Waals surface area contributed by atoms with Crippen LogP contribution in [0, 0.1) is 11.6 Å². The predicted octanol–water partition coefficient (Wildman–Crippen LogP) is 0.333. The number of nitrogens with two attached hydrogens (primary N) is 1. The zero-order valence-electron chi connectivity index (χ0n) is 7.09. The Bertz CT molecular complexity index is 324. The molecule has 0 saturated carbocycles. The van der Waals surface area contributed by atoms with E-state index in [0.717, 1.165) is 12.1 Å². The lowest BCUT2D eigenvalue weighted by molar-refractivity contribution is -0.123. The van der Waals surface area contributed by atoms with Gasteiger partial charge in [0, 0.05) is 0 Å². The molecule has 0 spiro atoms. The highest BCUT2D eigenvalue weighted by atomic mass is 19.1. The van der Waals surface area contributed by atoms with Crippen molar-refractivity contribution in [1.29, 1.82) is 0 Å². The molecule has 3 N–H and O–H groups in total. The number of carbonyl (C=O) groups is 1. The fourth-order valence-corrected chi connectivity index (χ4v) is 0.800. The van der Waals surface area contributed by atoms with Crippen LogP contribution in [0.25, 0.3) is 0 Å². The summed E-state index contributed by atoms with van der Waals surface area (Å²) in [6.07, 6.45) is 0. The van der Waals surface area contributed by atoms with Crippen molar-refractivity contribution in [2.45, 2.75) is 0 Å². The van der Waals surface area contributed by atoms with Crippen molar-refractivity contribution in [3.63, 3.8) is 0 Å². The molecule has 0 fully saturated rings. The SMILES string of the molecule is NNC(=O)COc1c(F)cccc1F. The number of ether oxygens (including phenoxy) is 1. The second-order valence-electron chi connectivity index (χ2n) is 2.41. The topological polar surface area (TPSA) is 64.3 Å². The lowest BCUT2D eigenvalue weighted by Gasteiger charge is -2.06. The molecule has 1 aromatic rings. The summed E-state index contributed by atoms with van der Waals surface area (Å²) in [5, 5.41) is 0. The van der Waals surface area contributed by atoms with Crippen LogP contribution in [0.15, 0.2) is 18.2 Å². The van der Waals surface area contributed by atoms with Crippen LogP contribution >= 0.6 is 0 Å². The van der Waals surface area contributed by atoms with E-state index >= 15 is 0 Å². The van der Waals surface area contributed by atoms with Gasteiger partial charge in [0.2, 0.25) is 0 Å². The van der Waals surface area contributed by atoms with E-state index in [0.29, 0.717) is 0 Å². The summed E-state index contributed by atoms with van der Waals surface area (Å²) >= 11 is 0. The molecule has 14 heavy (non-hydrogen) atoms. The number of halogens is 2. The Hall–Kier alpha value is -1.69. The first-order valence-electron chi connectivity index (χ1n) is 3.71. The quantitative estimate of drug-likeness (QED) is 0.422. The third-order valence-corrected chi connectivity index (χ3v) is 1.43. The van der Waals surface area contributed by atoms with Gasteiger partial charge in [-0.3, -0.25) is 10.2 Å².